The first-order valence-electron chi connectivity index (χ1n) is 7.03. The molecule has 1 heterocycles. The minimum Gasteiger partial charge on any atom is -0.381 e. The summed E-state index contributed by atoms with van der Waals surface area (Å²) in [5.41, 5.74) is 0. The predicted octanol–water partition coefficient (Wildman–Crippen LogP) is 1.98. The van der Waals surface area contributed by atoms with E-state index in [9.17, 15) is 0 Å². The lowest BCUT2D eigenvalue weighted by Gasteiger charge is -2.28. The zero-order valence-corrected chi connectivity index (χ0v) is 12.0. The van der Waals surface area contributed by atoms with Gasteiger partial charge >= 0.3 is 0 Å². The Hall–Kier alpha value is -0.120. The maximum absolute atomic E-state index is 5.40. The summed E-state index contributed by atoms with van der Waals surface area (Å²) in [6.45, 7) is 8.82. The van der Waals surface area contributed by atoms with E-state index in [0.29, 0.717) is 6.04 Å². The van der Waals surface area contributed by atoms with Gasteiger partial charge in [-0.2, -0.15) is 0 Å². The van der Waals surface area contributed by atoms with Crippen LogP contribution in [0.15, 0.2) is 0 Å². The second kappa shape index (κ2) is 8.06. The van der Waals surface area contributed by atoms with Gasteiger partial charge < -0.3 is 15.0 Å². The van der Waals surface area contributed by atoms with Crippen molar-refractivity contribution >= 4 is 0 Å². The monoisotopic (exact) mass is 242 g/mol. The highest BCUT2D eigenvalue weighted by molar-refractivity contribution is 4.74. The Morgan fingerprint density at radius 1 is 1.24 bits per heavy atom. The SMILES string of the molecule is CC(C)CC(CN(C)C)NCC1CCOCC1. The second-order valence-electron chi connectivity index (χ2n) is 6.05. The molecule has 0 aromatic rings. The average molecular weight is 242 g/mol. The summed E-state index contributed by atoms with van der Waals surface area (Å²) in [5, 5.41) is 3.75. The summed E-state index contributed by atoms with van der Waals surface area (Å²) in [5.74, 6) is 1.59. The Balaban J connectivity index is 2.26. The number of hydrogen-bond acceptors (Lipinski definition) is 3. The Labute approximate surface area is 107 Å². The molecule has 1 rings (SSSR count). The van der Waals surface area contributed by atoms with Crippen LogP contribution in [0, 0.1) is 11.8 Å². The van der Waals surface area contributed by atoms with E-state index >= 15 is 0 Å². The van der Waals surface area contributed by atoms with E-state index in [-0.39, 0.29) is 0 Å². The largest absolute Gasteiger partial charge is 0.381 e. The minimum absolute atomic E-state index is 0.632. The van der Waals surface area contributed by atoms with Crippen LogP contribution in [0.1, 0.15) is 33.1 Å². The third-order valence-corrected chi connectivity index (χ3v) is 3.38. The van der Waals surface area contributed by atoms with Gasteiger partial charge in [0.1, 0.15) is 0 Å². The first-order valence-corrected chi connectivity index (χ1v) is 7.03. The summed E-state index contributed by atoms with van der Waals surface area (Å²) in [6, 6.07) is 0.632. The molecular weight excluding hydrogens is 212 g/mol. The molecule has 1 N–H and O–H groups in total. The quantitative estimate of drug-likeness (QED) is 0.739. The van der Waals surface area contributed by atoms with Crippen LogP contribution in [0.25, 0.3) is 0 Å². The van der Waals surface area contributed by atoms with Crippen LogP contribution >= 0.6 is 0 Å². The van der Waals surface area contributed by atoms with E-state index in [1.165, 1.54) is 19.3 Å². The highest BCUT2D eigenvalue weighted by atomic mass is 16.5. The number of nitrogens with one attached hydrogen (secondary N) is 1. The van der Waals surface area contributed by atoms with E-state index in [1.54, 1.807) is 0 Å². The molecule has 1 aliphatic heterocycles. The van der Waals surface area contributed by atoms with Crippen molar-refractivity contribution in [3.63, 3.8) is 0 Å². The molecule has 1 saturated heterocycles. The summed E-state index contributed by atoms with van der Waals surface area (Å²) in [7, 11) is 4.31. The van der Waals surface area contributed by atoms with Gasteiger partial charge in [0.05, 0.1) is 0 Å². The third-order valence-electron chi connectivity index (χ3n) is 3.38. The van der Waals surface area contributed by atoms with Gasteiger partial charge in [-0.1, -0.05) is 13.8 Å². The molecular formula is C14H30N2O. The van der Waals surface area contributed by atoms with Crippen LogP contribution in [-0.4, -0.2) is 51.3 Å². The molecule has 0 aromatic carbocycles. The van der Waals surface area contributed by atoms with Gasteiger partial charge in [-0.15, -0.1) is 0 Å². The molecule has 17 heavy (non-hydrogen) atoms. The van der Waals surface area contributed by atoms with Crippen LogP contribution < -0.4 is 5.32 Å². The molecule has 1 fully saturated rings. The average Bonchev–Trinajstić information content (AvgIpc) is 2.26. The standard InChI is InChI=1S/C14H30N2O/c1-12(2)9-14(11-16(3)4)15-10-13-5-7-17-8-6-13/h12-15H,5-11H2,1-4H3. The Bertz CT molecular complexity index is 179. The van der Waals surface area contributed by atoms with E-state index in [1.807, 2.05) is 0 Å². The molecule has 0 amide bonds. The first kappa shape index (κ1) is 14.9. The van der Waals surface area contributed by atoms with Gasteiger partial charge in [0.15, 0.2) is 0 Å². The lowest BCUT2D eigenvalue weighted by atomic mass is 9.98. The number of ether oxygens (including phenoxy) is 1. The van der Waals surface area contributed by atoms with E-state index in [0.717, 1.165) is 38.1 Å². The summed E-state index contributed by atoms with van der Waals surface area (Å²) in [4.78, 5) is 2.28. The molecule has 1 atom stereocenters. The van der Waals surface area contributed by atoms with Gasteiger partial charge in [0, 0.05) is 25.8 Å². The molecule has 1 unspecified atom stereocenters. The van der Waals surface area contributed by atoms with Crippen LogP contribution in [0.2, 0.25) is 0 Å². The summed E-state index contributed by atoms with van der Waals surface area (Å²) < 4.78 is 5.40. The van der Waals surface area contributed by atoms with Gasteiger partial charge in [-0.25, -0.2) is 0 Å². The summed E-state index contributed by atoms with van der Waals surface area (Å²) in [6.07, 6.45) is 3.72. The molecule has 1 aliphatic rings. The van der Waals surface area contributed by atoms with Crippen molar-refractivity contribution in [2.24, 2.45) is 11.8 Å². The van der Waals surface area contributed by atoms with Crippen molar-refractivity contribution < 1.29 is 4.74 Å². The van der Waals surface area contributed by atoms with Gasteiger partial charge in [-0.3, -0.25) is 0 Å². The topological polar surface area (TPSA) is 24.5 Å². The van der Waals surface area contributed by atoms with Gasteiger partial charge in [-0.05, 0) is 51.7 Å². The van der Waals surface area contributed by atoms with Crippen molar-refractivity contribution in [2.45, 2.75) is 39.2 Å². The molecule has 0 spiro atoms. The fourth-order valence-corrected chi connectivity index (χ4v) is 2.52. The molecule has 3 nitrogen and oxygen atoms in total. The van der Waals surface area contributed by atoms with Crippen molar-refractivity contribution in [2.75, 3.05) is 40.4 Å². The lowest BCUT2D eigenvalue weighted by Crippen LogP contribution is -2.42. The van der Waals surface area contributed by atoms with Crippen molar-refractivity contribution in [1.29, 1.82) is 0 Å². The first-order chi connectivity index (χ1) is 8.08. The molecule has 0 radical (unpaired) electrons. The zero-order chi connectivity index (χ0) is 12.7. The Kier molecular flexibility index (Phi) is 7.09. The van der Waals surface area contributed by atoms with E-state index in [4.69, 9.17) is 4.74 Å². The molecule has 102 valence electrons. The van der Waals surface area contributed by atoms with Crippen molar-refractivity contribution in [3.05, 3.63) is 0 Å². The van der Waals surface area contributed by atoms with Crippen LogP contribution in [-0.2, 0) is 4.74 Å². The molecule has 3 heteroatoms. The van der Waals surface area contributed by atoms with Crippen LogP contribution in [0.4, 0.5) is 0 Å². The molecule has 0 aliphatic carbocycles. The highest BCUT2D eigenvalue weighted by Gasteiger charge is 2.17. The summed E-state index contributed by atoms with van der Waals surface area (Å²) >= 11 is 0. The molecule has 0 saturated carbocycles. The maximum atomic E-state index is 5.40. The minimum atomic E-state index is 0.632. The fraction of sp³-hybridized carbons (Fsp3) is 1.00. The van der Waals surface area contributed by atoms with Crippen molar-refractivity contribution in [1.82, 2.24) is 10.2 Å². The van der Waals surface area contributed by atoms with Crippen LogP contribution in [0.5, 0.6) is 0 Å². The normalized spacial score (nSPS) is 20.1. The number of rotatable bonds is 7. The Morgan fingerprint density at radius 3 is 2.41 bits per heavy atom. The highest BCUT2D eigenvalue weighted by Crippen LogP contribution is 2.14. The maximum Gasteiger partial charge on any atom is 0.0469 e. The third kappa shape index (κ3) is 7.02. The van der Waals surface area contributed by atoms with Crippen LogP contribution in [0.3, 0.4) is 0 Å². The lowest BCUT2D eigenvalue weighted by molar-refractivity contribution is 0.0648. The van der Waals surface area contributed by atoms with E-state index < -0.39 is 0 Å². The fourth-order valence-electron chi connectivity index (χ4n) is 2.52. The molecule has 0 aromatic heterocycles. The molecule has 0 bridgehead atoms. The zero-order valence-electron chi connectivity index (χ0n) is 12.0. The second-order valence-corrected chi connectivity index (χ2v) is 6.05. The predicted molar refractivity (Wildman–Crippen MR) is 73.3 cm³/mol. The smallest absolute Gasteiger partial charge is 0.0469 e. The van der Waals surface area contributed by atoms with E-state index in [2.05, 4.69) is 38.2 Å². The van der Waals surface area contributed by atoms with Crippen molar-refractivity contribution in [3.8, 4) is 0 Å². The Morgan fingerprint density at radius 2 is 1.88 bits per heavy atom. The van der Waals surface area contributed by atoms with Gasteiger partial charge in [0.25, 0.3) is 0 Å². The van der Waals surface area contributed by atoms with Gasteiger partial charge in [0.2, 0.25) is 0 Å². The number of nitrogens with zero attached hydrogens (tertiary/aromatic N) is 1. The number of hydrogen-bond donors (Lipinski definition) is 1. The number of likely N-dealkylation sites (N-methyl/N-ethyl adjacent to an activating group) is 1.